The van der Waals surface area contributed by atoms with E-state index in [2.05, 4.69) is 40.2 Å². The first-order valence-corrected chi connectivity index (χ1v) is 7.57. The van der Waals surface area contributed by atoms with Gasteiger partial charge in [0.2, 0.25) is 0 Å². The van der Waals surface area contributed by atoms with Crippen molar-refractivity contribution in [3.63, 3.8) is 0 Å². The summed E-state index contributed by atoms with van der Waals surface area (Å²) in [6.45, 7) is 4.02. The molecule has 1 aliphatic carbocycles. The van der Waals surface area contributed by atoms with E-state index in [1.165, 1.54) is 25.0 Å². The van der Waals surface area contributed by atoms with Crippen molar-refractivity contribution in [2.45, 2.75) is 38.8 Å². The summed E-state index contributed by atoms with van der Waals surface area (Å²) in [6.07, 6.45) is 6.10. The van der Waals surface area contributed by atoms with Crippen LogP contribution in [-0.2, 0) is 6.54 Å². The van der Waals surface area contributed by atoms with Crippen LogP contribution in [-0.4, -0.2) is 29.0 Å². The van der Waals surface area contributed by atoms with Gasteiger partial charge in [-0.3, -0.25) is 4.40 Å². The Bertz CT molecular complexity index is 526. The van der Waals surface area contributed by atoms with E-state index in [9.17, 15) is 0 Å². The lowest BCUT2D eigenvalue weighted by molar-refractivity contribution is 0.399. The molecule has 0 spiro atoms. The van der Waals surface area contributed by atoms with Crippen molar-refractivity contribution in [2.24, 2.45) is 0 Å². The molecule has 98 valence electrons. The fourth-order valence-electron chi connectivity index (χ4n) is 2.46. The molecule has 1 aliphatic rings. The molecular formula is C13H20N4S. The SMILES string of the molecule is CCNCc1c(N(C)C2CCC2)nc2sccn12. The van der Waals surface area contributed by atoms with Crippen molar-refractivity contribution in [3.05, 3.63) is 17.3 Å². The summed E-state index contributed by atoms with van der Waals surface area (Å²) in [5.74, 6) is 1.16. The van der Waals surface area contributed by atoms with Crippen LogP contribution in [0.3, 0.4) is 0 Å². The predicted molar refractivity (Wildman–Crippen MR) is 76.5 cm³/mol. The molecular weight excluding hydrogens is 244 g/mol. The number of anilines is 1. The van der Waals surface area contributed by atoms with E-state index < -0.39 is 0 Å². The highest BCUT2D eigenvalue weighted by molar-refractivity contribution is 7.15. The van der Waals surface area contributed by atoms with Crippen molar-refractivity contribution in [1.82, 2.24) is 14.7 Å². The molecule has 0 radical (unpaired) electrons. The third kappa shape index (κ3) is 1.91. The van der Waals surface area contributed by atoms with Gasteiger partial charge >= 0.3 is 0 Å². The number of imidazole rings is 1. The second-order valence-corrected chi connectivity index (χ2v) is 5.79. The summed E-state index contributed by atoms with van der Waals surface area (Å²) in [5.41, 5.74) is 1.29. The Morgan fingerprint density at radius 2 is 2.39 bits per heavy atom. The first-order valence-electron chi connectivity index (χ1n) is 6.69. The minimum atomic E-state index is 0.690. The third-order valence-corrected chi connectivity index (χ3v) is 4.60. The molecule has 4 nitrogen and oxygen atoms in total. The molecule has 3 rings (SSSR count). The average Bonchev–Trinajstić information content (AvgIpc) is 2.84. The van der Waals surface area contributed by atoms with E-state index in [4.69, 9.17) is 4.98 Å². The number of fused-ring (bicyclic) bond motifs is 1. The number of nitrogens with zero attached hydrogens (tertiary/aromatic N) is 3. The van der Waals surface area contributed by atoms with Crippen molar-refractivity contribution in [1.29, 1.82) is 0 Å². The quantitative estimate of drug-likeness (QED) is 0.900. The molecule has 2 aromatic heterocycles. The van der Waals surface area contributed by atoms with Gasteiger partial charge in [0.05, 0.1) is 5.69 Å². The van der Waals surface area contributed by atoms with Gasteiger partial charge in [0.1, 0.15) is 0 Å². The fraction of sp³-hybridized carbons (Fsp3) is 0.615. The molecule has 1 N–H and O–H groups in total. The van der Waals surface area contributed by atoms with Crippen LogP contribution < -0.4 is 10.2 Å². The topological polar surface area (TPSA) is 32.6 Å². The molecule has 1 saturated carbocycles. The van der Waals surface area contributed by atoms with Gasteiger partial charge < -0.3 is 10.2 Å². The third-order valence-electron chi connectivity index (χ3n) is 3.84. The van der Waals surface area contributed by atoms with Gasteiger partial charge in [0.25, 0.3) is 0 Å². The predicted octanol–water partition coefficient (Wildman–Crippen LogP) is 2.49. The Morgan fingerprint density at radius 1 is 1.56 bits per heavy atom. The van der Waals surface area contributed by atoms with E-state index >= 15 is 0 Å². The molecule has 2 heterocycles. The summed E-state index contributed by atoms with van der Waals surface area (Å²) in [6, 6.07) is 0.690. The summed E-state index contributed by atoms with van der Waals surface area (Å²) in [7, 11) is 2.19. The molecule has 5 heteroatoms. The number of hydrogen-bond acceptors (Lipinski definition) is 4. The second kappa shape index (κ2) is 4.90. The molecule has 0 amide bonds. The molecule has 0 aliphatic heterocycles. The van der Waals surface area contributed by atoms with E-state index in [1.807, 2.05) is 0 Å². The number of hydrogen-bond donors (Lipinski definition) is 1. The van der Waals surface area contributed by atoms with Crippen LogP contribution in [0.2, 0.25) is 0 Å². The maximum absolute atomic E-state index is 4.80. The van der Waals surface area contributed by atoms with Gasteiger partial charge in [-0.2, -0.15) is 0 Å². The van der Waals surface area contributed by atoms with Crippen LogP contribution in [0.4, 0.5) is 5.82 Å². The number of rotatable bonds is 5. The van der Waals surface area contributed by atoms with E-state index in [-0.39, 0.29) is 0 Å². The van der Waals surface area contributed by atoms with Crippen molar-refractivity contribution >= 4 is 22.1 Å². The Kier molecular flexibility index (Phi) is 3.26. The summed E-state index contributed by atoms with van der Waals surface area (Å²) in [4.78, 5) is 8.27. The monoisotopic (exact) mass is 264 g/mol. The minimum absolute atomic E-state index is 0.690. The normalized spacial score (nSPS) is 16.1. The summed E-state index contributed by atoms with van der Waals surface area (Å²) >= 11 is 1.71. The number of aromatic nitrogens is 2. The smallest absolute Gasteiger partial charge is 0.195 e. The zero-order chi connectivity index (χ0) is 12.5. The van der Waals surface area contributed by atoms with Crippen LogP contribution in [0.25, 0.3) is 4.96 Å². The first-order chi connectivity index (χ1) is 8.81. The molecule has 0 saturated heterocycles. The van der Waals surface area contributed by atoms with Crippen LogP contribution >= 0.6 is 11.3 Å². The van der Waals surface area contributed by atoms with Crippen LogP contribution in [0.1, 0.15) is 31.9 Å². The fourth-order valence-corrected chi connectivity index (χ4v) is 3.19. The van der Waals surface area contributed by atoms with Gasteiger partial charge in [-0.15, -0.1) is 11.3 Å². The molecule has 2 aromatic rings. The van der Waals surface area contributed by atoms with Gasteiger partial charge in [-0.1, -0.05) is 6.92 Å². The van der Waals surface area contributed by atoms with Crippen molar-refractivity contribution < 1.29 is 0 Å². The molecule has 0 aromatic carbocycles. The van der Waals surface area contributed by atoms with Crippen LogP contribution in [0.15, 0.2) is 11.6 Å². The Labute approximate surface area is 112 Å². The van der Waals surface area contributed by atoms with Gasteiger partial charge in [0.15, 0.2) is 10.8 Å². The lowest BCUT2D eigenvalue weighted by atomic mass is 9.92. The van der Waals surface area contributed by atoms with Crippen LogP contribution in [0, 0.1) is 0 Å². The lowest BCUT2D eigenvalue weighted by Gasteiger charge is -2.35. The highest BCUT2D eigenvalue weighted by Crippen LogP contribution is 2.31. The summed E-state index contributed by atoms with van der Waals surface area (Å²) < 4.78 is 2.22. The van der Waals surface area contributed by atoms with Gasteiger partial charge in [0, 0.05) is 31.2 Å². The minimum Gasteiger partial charge on any atom is -0.355 e. The molecule has 0 atom stereocenters. The molecule has 0 unspecified atom stereocenters. The standard InChI is InChI=1S/C13H20N4S/c1-3-14-9-11-12(16(2)10-5-4-6-10)15-13-17(11)7-8-18-13/h7-8,10,14H,3-6,9H2,1-2H3. The van der Waals surface area contributed by atoms with E-state index in [0.717, 1.165) is 23.9 Å². The lowest BCUT2D eigenvalue weighted by Crippen LogP contribution is -2.38. The number of thiazole rings is 1. The Balaban J connectivity index is 1.95. The highest BCUT2D eigenvalue weighted by atomic mass is 32.1. The van der Waals surface area contributed by atoms with Gasteiger partial charge in [-0.25, -0.2) is 4.98 Å². The zero-order valence-corrected chi connectivity index (χ0v) is 11.8. The van der Waals surface area contributed by atoms with Gasteiger partial charge in [-0.05, 0) is 25.8 Å². The van der Waals surface area contributed by atoms with E-state index in [0.29, 0.717) is 6.04 Å². The Hall–Kier alpha value is -1.07. The zero-order valence-electron chi connectivity index (χ0n) is 11.0. The van der Waals surface area contributed by atoms with Crippen molar-refractivity contribution in [3.8, 4) is 0 Å². The average molecular weight is 264 g/mol. The van der Waals surface area contributed by atoms with Crippen LogP contribution in [0.5, 0.6) is 0 Å². The summed E-state index contributed by atoms with van der Waals surface area (Å²) in [5, 5.41) is 5.52. The second-order valence-electron chi connectivity index (χ2n) is 4.91. The largest absolute Gasteiger partial charge is 0.355 e. The molecule has 1 fully saturated rings. The maximum Gasteiger partial charge on any atom is 0.195 e. The maximum atomic E-state index is 4.80. The first kappa shape index (κ1) is 12.0. The van der Waals surface area contributed by atoms with E-state index in [1.54, 1.807) is 11.3 Å². The number of nitrogens with one attached hydrogen (secondary N) is 1. The Morgan fingerprint density at radius 3 is 3.06 bits per heavy atom. The highest BCUT2D eigenvalue weighted by Gasteiger charge is 2.26. The molecule has 18 heavy (non-hydrogen) atoms. The van der Waals surface area contributed by atoms with Crippen molar-refractivity contribution in [2.75, 3.05) is 18.5 Å². The molecule has 0 bridgehead atoms.